The summed E-state index contributed by atoms with van der Waals surface area (Å²) in [4.78, 5) is 38.7. The van der Waals surface area contributed by atoms with Crippen molar-refractivity contribution in [2.24, 2.45) is 0 Å². The standard InChI is InChI=1S/C23H21N3O5/c1-30-11-5-10-25-21(27)19-9-8-17(12-20(19)22(25)28)23(29)31-15-16-13-24-26(14-16)18-6-3-2-4-7-18/h2-4,6-9,12-14H,5,10-11,15H2,1H3. The second-order valence-corrected chi connectivity index (χ2v) is 7.07. The van der Waals surface area contributed by atoms with Gasteiger partial charge in [0, 0.05) is 32.0 Å². The molecule has 0 atom stereocenters. The number of carbonyl (C=O) groups is 3. The first kappa shape index (κ1) is 20.5. The Hall–Kier alpha value is -3.78. The lowest BCUT2D eigenvalue weighted by Gasteiger charge is -2.12. The highest BCUT2D eigenvalue weighted by Gasteiger charge is 2.35. The summed E-state index contributed by atoms with van der Waals surface area (Å²) >= 11 is 0. The van der Waals surface area contributed by atoms with E-state index >= 15 is 0 Å². The van der Waals surface area contributed by atoms with Crippen LogP contribution in [0.2, 0.25) is 0 Å². The third-order valence-corrected chi connectivity index (χ3v) is 4.96. The molecule has 0 unspecified atom stereocenters. The lowest BCUT2D eigenvalue weighted by molar-refractivity contribution is 0.0472. The maximum atomic E-state index is 12.6. The smallest absolute Gasteiger partial charge is 0.338 e. The van der Waals surface area contributed by atoms with Crippen molar-refractivity contribution in [2.45, 2.75) is 13.0 Å². The quantitative estimate of drug-likeness (QED) is 0.317. The van der Waals surface area contributed by atoms with E-state index < -0.39 is 11.9 Å². The van der Waals surface area contributed by atoms with E-state index in [9.17, 15) is 14.4 Å². The summed E-state index contributed by atoms with van der Waals surface area (Å²) in [6.45, 7) is 0.760. The molecule has 0 bridgehead atoms. The van der Waals surface area contributed by atoms with Crippen LogP contribution in [0.25, 0.3) is 5.69 Å². The van der Waals surface area contributed by atoms with Gasteiger partial charge in [-0.3, -0.25) is 14.5 Å². The minimum absolute atomic E-state index is 0.0404. The van der Waals surface area contributed by atoms with Crippen molar-refractivity contribution in [3.05, 3.63) is 83.2 Å². The van der Waals surface area contributed by atoms with E-state index in [1.54, 1.807) is 24.2 Å². The highest BCUT2D eigenvalue weighted by Crippen LogP contribution is 2.24. The van der Waals surface area contributed by atoms with Gasteiger partial charge in [0.1, 0.15) is 6.61 Å². The van der Waals surface area contributed by atoms with E-state index in [4.69, 9.17) is 9.47 Å². The van der Waals surface area contributed by atoms with Gasteiger partial charge in [-0.15, -0.1) is 0 Å². The van der Waals surface area contributed by atoms with Gasteiger partial charge in [-0.05, 0) is 36.8 Å². The topological polar surface area (TPSA) is 90.7 Å². The normalized spacial score (nSPS) is 12.9. The van der Waals surface area contributed by atoms with Crippen LogP contribution in [0.1, 0.15) is 43.1 Å². The molecular weight excluding hydrogens is 398 g/mol. The maximum Gasteiger partial charge on any atom is 0.338 e. The van der Waals surface area contributed by atoms with E-state index in [1.807, 2.05) is 30.3 Å². The molecule has 0 fully saturated rings. The second-order valence-electron chi connectivity index (χ2n) is 7.07. The highest BCUT2D eigenvalue weighted by molar-refractivity contribution is 6.21. The third kappa shape index (κ3) is 4.24. The summed E-state index contributed by atoms with van der Waals surface area (Å²) < 4.78 is 12.0. The average Bonchev–Trinajstić information content (AvgIpc) is 3.37. The number of carbonyl (C=O) groups excluding carboxylic acids is 3. The molecule has 0 radical (unpaired) electrons. The molecule has 4 rings (SSSR count). The molecule has 2 amide bonds. The van der Waals surface area contributed by atoms with Gasteiger partial charge in [0.05, 0.1) is 28.6 Å². The molecule has 8 nitrogen and oxygen atoms in total. The van der Waals surface area contributed by atoms with Crippen LogP contribution in [0.4, 0.5) is 0 Å². The largest absolute Gasteiger partial charge is 0.457 e. The number of aromatic nitrogens is 2. The SMILES string of the molecule is COCCCN1C(=O)c2ccc(C(=O)OCc3cnn(-c4ccccc4)c3)cc2C1=O. The number of fused-ring (bicyclic) bond motifs is 1. The Kier molecular flexibility index (Phi) is 5.90. The van der Waals surface area contributed by atoms with Crippen LogP contribution in [-0.2, 0) is 16.1 Å². The summed E-state index contributed by atoms with van der Waals surface area (Å²) in [5.74, 6) is -1.34. The first-order chi connectivity index (χ1) is 15.1. The monoisotopic (exact) mass is 419 g/mol. The van der Waals surface area contributed by atoms with Crippen LogP contribution in [0.15, 0.2) is 60.9 Å². The number of imide groups is 1. The Balaban J connectivity index is 1.41. The van der Waals surface area contributed by atoms with E-state index in [0.29, 0.717) is 18.6 Å². The molecule has 158 valence electrons. The fourth-order valence-electron chi connectivity index (χ4n) is 3.38. The van der Waals surface area contributed by atoms with Crippen molar-refractivity contribution >= 4 is 17.8 Å². The molecule has 2 aromatic carbocycles. The predicted octanol–water partition coefficient (Wildman–Crippen LogP) is 2.86. The Labute approximate surface area is 179 Å². The molecule has 8 heteroatoms. The van der Waals surface area contributed by atoms with E-state index in [0.717, 1.165) is 11.3 Å². The highest BCUT2D eigenvalue weighted by atomic mass is 16.5. The van der Waals surface area contributed by atoms with Crippen molar-refractivity contribution in [1.82, 2.24) is 14.7 Å². The number of para-hydroxylation sites is 1. The molecule has 31 heavy (non-hydrogen) atoms. The van der Waals surface area contributed by atoms with Gasteiger partial charge in [0.15, 0.2) is 0 Å². The molecule has 0 N–H and O–H groups in total. The summed E-state index contributed by atoms with van der Waals surface area (Å²) in [7, 11) is 1.56. The van der Waals surface area contributed by atoms with E-state index in [-0.39, 0.29) is 30.2 Å². The molecule has 0 saturated heterocycles. The Morgan fingerprint density at radius 3 is 2.58 bits per heavy atom. The summed E-state index contributed by atoms with van der Waals surface area (Å²) in [5, 5.41) is 4.27. The van der Waals surface area contributed by atoms with Gasteiger partial charge >= 0.3 is 5.97 Å². The number of ether oxygens (including phenoxy) is 2. The molecule has 1 aromatic heterocycles. The van der Waals surface area contributed by atoms with Gasteiger partial charge in [-0.2, -0.15) is 5.10 Å². The van der Waals surface area contributed by atoms with Gasteiger partial charge < -0.3 is 9.47 Å². The molecule has 3 aromatic rings. The summed E-state index contributed by atoms with van der Waals surface area (Å²) in [5.41, 5.74) is 2.36. The van der Waals surface area contributed by atoms with Crippen LogP contribution >= 0.6 is 0 Å². The van der Waals surface area contributed by atoms with Crippen molar-refractivity contribution < 1.29 is 23.9 Å². The number of rotatable bonds is 8. The minimum atomic E-state index is -0.576. The molecule has 0 saturated carbocycles. The third-order valence-electron chi connectivity index (χ3n) is 4.96. The number of methoxy groups -OCH3 is 1. The average molecular weight is 419 g/mol. The van der Waals surface area contributed by atoms with Gasteiger partial charge in [-0.25, -0.2) is 9.48 Å². The number of hydrogen-bond acceptors (Lipinski definition) is 6. The summed E-state index contributed by atoms with van der Waals surface area (Å²) in [6, 6.07) is 14.0. The minimum Gasteiger partial charge on any atom is -0.457 e. The fraction of sp³-hybridized carbons (Fsp3) is 0.217. The number of nitrogens with zero attached hydrogens (tertiary/aromatic N) is 3. The lowest BCUT2D eigenvalue weighted by Crippen LogP contribution is -2.31. The van der Waals surface area contributed by atoms with Crippen LogP contribution < -0.4 is 0 Å². The first-order valence-corrected chi connectivity index (χ1v) is 9.84. The molecule has 0 spiro atoms. The summed E-state index contributed by atoms with van der Waals surface area (Å²) in [6.07, 6.45) is 3.96. The number of benzene rings is 2. The van der Waals surface area contributed by atoms with Crippen LogP contribution in [0.3, 0.4) is 0 Å². The fourth-order valence-corrected chi connectivity index (χ4v) is 3.38. The van der Waals surface area contributed by atoms with E-state index in [1.165, 1.54) is 23.1 Å². The van der Waals surface area contributed by atoms with Crippen molar-refractivity contribution in [1.29, 1.82) is 0 Å². The zero-order valence-electron chi connectivity index (χ0n) is 17.0. The molecule has 1 aliphatic heterocycles. The zero-order chi connectivity index (χ0) is 21.8. The Bertz CT molecular complexity index is 1120. The molecule has 0 aliphatic carbocycles. The van der Waals surface area contributed by atoms with Crippen LogP contribution in [0, 0.1) is 0 Å². The van der Waals surface area contributed by atoms with Crippen molar-refractivity contribution in [3.63, 3.8) is 0 Å². The Morgan fingerprint density at radius 2 is 1.81 bits per heavy atom. The first-order valence-electron chi connectivity index (χ1n) is 9.84. The zero-order valence-corrected chi connectivity index (χ0v) is 17.0. The predicted molar refractivity (Wildman–Crippen MR) is 111 cm³/mol. The molecular formula is C23H21N3O5. The van der Waals surface area contributed by atoms with Gasteiger partial charge in [-0.1, -0.05) is 18.2 Å². The number of hydrogen-bond donors (Lipinski definition) is 0. The number of esters is 1. The maximum absolute atomic E-state index is 12.6. The molecule has 2 heterocycles. The van der Waals surface area contributed by atoms with Gasteiger partial charge in [0.25, 0.3) is 11.8 Å². The Morgan fingerprint density at radius 1 is 1.03 bits per heavy atom. The van der Waals surface area contributed by atoms with Crippen molar-refractivity contribution in [2.75, 3.05) is 20.3 Å². The van der Waals surface area contributed by atoms with Crippen LogP contribution in [-0.4, -0.2) is 52.7 Å². The molecule has 1 aliphatic rings. The van der Waals surface area contributed by atoms with Crippen molar-refractivity contribution in [3.8, 4) is 5.69 Å². The van der Waals surface area contributed by atoms with Crippen LogP contribution in [0.5, 0.6) is 0 Å². The lowest BCUT2D eigenvalue weighted by atomic mass is 10.1. The second kappa shape index (κ2) is 8.93. The number of amides is 2. The van der Waals surface area contributed by atoms with E-state index in [2.05, 4.69) is 5.10 Å². The van der Waals surface area contributed by atoms with Gasteiger partial charge in [0.2, 0.25) is 0 Å².